The number of nitrogens with zero attached hydrogens (tertiary/aromatic N) is 3. The lowest BCUT2D eigenvalue weighted by molar-refractivity contribution is 0.708. The van der Waals surface area contributed by atoms with Crippen molar-refractivity contribution in [2.75, 3.05) is 32.1 Å². The van der Waals surface area contributed by atoms with Gasteiger partial charge in [0, 0.05) is 19.3 Å². The van der Waals surface area contributed by atoms with Gasteiger partial charge < -0.3 is 10.2 Å². The molecule has 4 heteroatoms. The van der Waals surface area contributed by atoms with Crippen LogP contribution in [0, 0.1) is 18.3 Å². The molecule has 0 fully saturated rings. The van der Waals surface area contributed by atoms with Crippen LogP contribution in [0.25, 0.3) is 0 Å². The van der Waals surface area contributed by atoms with Crippen LogP contribution in [-0.2, 0) is 0 Å². The van der Waals surface area contributed by atoms with Crippen LogP contribution in [-0.4, -0.2) is 32.2 Å². The SMILES string of the molecule is CNCCCN(C)c1nc(C)ccc1C#N. The third-order valence-corrected chi connectivity index (χ3v) is 2.42. The average Bonchev–Trinajstić information content (AvgIpc) is 2.29. The van der Waals surface area contributed by atoms with Crippen LogP contribution in [0.1, 0.15) is 17.7 Å². The first-order valence-electron chi connectivity index (χ1n) is 5.42. The predicted octanol–water partition coefficient (Wildman–Crippen LogP) is 1.31. The molecule has 1 aromatic rings. The lowest BCUT2D eigenvalue weighted by Crippen LogP contribution is -2.24. The Bertz CT molecular complexity index is 381. The molecule has 1 rings (SSSR count). The predicted molar refractivity (Wildman–Crippen MR) is 65.5 cm³/mol. The average molecular weight is 218 g/mol. The number of anilines is 1. The Morgan fingerprint density at radius 2 is 2.25 bits per heavy atom. The van der Waals surface area contributed by atoms with Crippen LogP contribution in [0.5, 0.6) is 0 Å². The Balaban J connectivity index is 2.77. The van der Waals surface area contributed by atoms with Gasteiger partial charge in [0.2, 0.25) is 0 Å². The summed E-state index contributed by atoms with van der Waals surface area (Å²) < 4.78 is 0. The monoisotopic (exact) mass is 218 g/mol. The molecule has 16 heavy (non-hydrogen) atoms. The first kappa shape index (κ1) is 12.5. The van der Waals surface area contributed by atoms with E-state index in [0.717, 1.165) is 31.0 Å². The van der Waals surface area contributed by atoms with Gasteiger partial charge in [-0.15, -0.1) is 0 Å². The van der Waals surface area contributed by atoms with E-state index in [-0.39, 0.29) is 0 Å². The first-order chi connectivity index (χ1) is 7.69. The molecule has 86 valence electrons. The molecule has 0 amide bonds. The minimum absolute atomic E-state index is 0.637. The Morgan fingerprint density at radius 1 is 1.50 bits per heavy atom. The normalized spacial score (nSPS) is 9.88. The summed E-state index contributed by atoms with van der Waals surface area (Å²) in [4.78, 5) is 6.44. The van der Waals surface area contributed by atoms with Crippen molar-refractivity contribution in [2.45, 2.75) is 13.3 Å². The number of aryl methyl sites for hydroxylation is 1. The zero-order chi connectivity index (χ0) is 12.0. The van der Waals surface area contributed by atoms with Gasteiger partial charge in [-0.05, 0) is 39.1 Å². The molecule has 0 saturated carbocycles. The van der Waals surface area contributed by atoms with Gasteiger partial charge in [0.25, 0.3) is 0 Å². The van der Waals surface area contributed by atoms with Crippen LogP contribution in [0.3, 0.4) is 0 Å². The maximum Gasteiger partial charge on any atom is 0.146 e. The van der Waals surface area contributed by atoms with Crippen molar-refractivity contribution in [3.8, 4) is 6.07 Å². The van der Waals surface area contributed by atoms with Gasteiger partial charge in [0.1, 0.15) is 11.9 Å². The topological polar surface area (TPSA) is 52.0 Å². The van der Waals surface area contributed by atoms with E-state index in [2.05, 4.69) is 16.4 Å². The molecule has 1 aromatic heterocycles. The lowest BCUT2D eigenvalue weighted by Gasteiger charge is -2.19. The molecule has 0 spiro atoms. The zero-order valence-electron chi connectivity index (χ0n) is 10.1. The van der Waals surface area contributed by atoms with Crippen LogP contribution in [0.15, 0.2) is 12.1 Å². The zero-order valence-corrected chi connectivity index (χ0v) is 10.1. The summed E-state index contributed by atoms with van der Waals surface area (Å²) in [5, 5.41) is 12.1. The Kier molecular flexibility index (Phi) is 4.74. The number of rotatable bonds is 5. The fraction of sp³-hybridized carbons (Fsp3) is 0.500. The largest absolute Gasteiger partial charge is 0.359 e. The van der Waals surface area contributed by atoms with Crippen LogP contribution < -0.4 is 10.2 Å². The Labute approximate surface area is 96.9 Å². The minimum Gasteiger partial charge on any atom is -0.359 e. The molecule has 0 radical (unpaired) electrons. The van der Waals surface area contributed by atoms with Crippen molar-refractivity contribution in [3.05, 3.63) is 23.4 Å². The molecule has 1 heterocycles. The molecule has 4 nitrogen and oxygen atoms in total. The number of nitriles is 1. The lowest BCUT2D eigenvalue weighted by atomic mass is 10.2. The quantitative estimate of drug-likeness (QED) is 0.757. The summed E-state index contributed by atoms with van der Waals surface area (Å²) in [6.45, 7) is 3.80. The number of nitrogens with one attached hydrogen (secondary N) is 1. The Hall–Kier alpha value is -1.60. The third-order valence-electron chi connectivity index (χ3n) is 2.42. The summed E-state index contributed by atoms with van der Waals surface area (Å²) in [5.41, 5.74) is 1.58. The van der Waals surface area contributed by atoms with Crippen molar-refractivity contribution < 1.29 is 0 Å². The van der Waals surface area contributed by atoms with Crippen LogP contribution in [0.4, 0.5) is 5.82 Å². The van der Waals surface area contributed by atoms with Crippen LogP contribution >= 0.6 is 0 Å². The number of hydrogen-bond donors (Lipinski definition) is 1. The van der Waals surface area contributed by atoms with Gasteiger partial charge in [-0.2, -0.15) is 5.26 Å². The second kappa shape index (κ2) is 6.09. The van der Waals surface area contributed by atoms with Crippen molar-refractivity contribution in [1.29, 1.82) is 5.26 Å². The molecule has 0 aliphatic carbocycles. The molecule has 0 unspecified atom stereocenters. The highest BCUT2D eigenvalue weighted by Crippen LogP contribution is 2.16. The van der Waals surface area contributed by atoms with E-state index in [1.165, 1.54) is 0 Å². The summed E-state index contributed by atoms with van der Waals surface area (Å²) >= 11 is 0. The van der Waals surface area contributed by atoms with Gasteiger partial charge in [-0.3, -0.25) is 0 Å². The van der Waals surface area contributed by atoms with Gasteiger partial charge in [-0.25, -0.2) is 4.98 Å². The van der Waals surface area contributed by atoms with Crippen molar-refractivity contribution in [2.24, 2.45) is 0 Å². The highest BCUT2D eigenvalue weighted by molar-refractivity contribution is 5.53. The smallest absolute Gasteiger partial charge is 0.146 e. The van der Waals surface area contributed by atoms with E-state index in [1.807, 2.05) is 38.1 Å². The highest BCUT2D eigenvalue weighted by Gasteiger charge is 2.08. The van der Waals surface area contributed by atoms with Crippen LogP contribution in [0.2, 0.25) is 0 Å². The molecule has 0 saturated heterocycles. The molecule has 0 aliphatic rings. The number of pyridine rings is 1. The molecular formula is C12H18N4. The summed E-state index contributed by atoms with van der Waals surface area (Å²) in [7, 11) is 3.91. The van der Waals surface area contributed by atoms with Gasteiger partial charge in [0.15, 0.2) is 0 Å². The highest BCUT2D eigenvalue weighted by atomic mass is 15.2. The molecule has 0 bridgehead atoms. The maximum atomic E-state index is 9.00. The van der Waals surface area contributed by atoms with Gasteiger partial charge >= 0.3 is 0 Å². The van der Waals surface area contributed by atoms with Crippen molar-refractivity contribution in [1.82, 2.24) is 10.3 Å². The maximum absolute atomic E-state index is 9.00. The Morgan fingerprint density at radius 3 is 2.88 bits per heavy atom. The molecule has 0 aliphatic heterocycles. The van der Waals surface area contributed by atoms with E-state index >= 15 is 0 Å². The van der Waals surface area contributed by atoms with E-state index < -0.39 is 0 Å². The first-order valence-corrected chi connectivity index (χ1v) is 5.42. The third kappa shape index (κ3) is 3.21. The van der Waals surface area contributed by atoms with Crippen molar-refractivity contribution in [3.63, 3.8) is 0 Å². The van der Waals surface area contributed by atoms with E-state index in [0.29, 0.717) is 5.56 Å². The van der Waals surface area contributed by atoms with Gasteiger partial charge in [-0.1, -0.05) is 0 Å². The molecule has 0 atom stereocenters. The molecule has 0 aromatic carbocycles. The number of aromatic nitrogens is 1. The number of hydrogen-bond acceptors (Lipinski definition) is 4. The standard InChI is InChI=1S/C12H18N4/c1-10-5-6-11(9-13)12(15-10)16(3)8-4-7-14-2/h5-6,14H,4,7-8H2,1-3H3. The summed E-state index contributed by atoms with van der Waals surface area (Å²) in [5.74, 6) is 0.776. The summed E-state index contributed by atoms with van der Waals surface area (Å²) in [6.07, 6.45) is 1.04. The van der Waals surface area contributed by atoms with E-state index in [1.54, 1.807) is 0 Å². The van der Waals surface area contributed by atoms with E-state index in [9.17, 15) is 0 Å². The van der Waals surface area contributed by atoms with E-state index in [4.69, 9.17) is 5.26 Å². The van der Waals surface area contributed by atoms with Crippen molar-refractivity contribution >= 4 is 5.82 Å². The second-order valence-corrected chi connectivity index (χ2v) is 3.81. The molecular weight excluding hydrogens is 200 g/mol. The fourth-order valence-electron chi connectivity index (χ4n) is 1.52. The molecule has 1 N–H and O–H groups in total. The van der Waals surface area contributed by atoms with Gasteiger partial charge in [0.05, 0.1) is 5.56 Å². The second-order valence-electron chi connectivity index (χ2n) is 3.81. The summed E-state index contributed by atoms with van der Waals surface area (Å²) in [6, 6.07) is 5.86. The minimum atomic E-state index is 0.637. The fourth-order valence-corrected chi connectivity index (χ4v) is 1.52.